The van der Waals surface area contributed by atoms with Crippen LogP contribution in [0.3, 0.4) is 0 Å². The van der Waals surface area contributed by atoms with Crippen LogP contribution >= 0.6 is 11.3 Å². The van der Waals surface area contributed by atoms with Crippen molar-refractivity contribution in [1.29, 1.82) is 0 Å². The van der Waals surface area contributed by atoms with Crippen LogP contribution in [0.25, 0.3) is 0 Å². The lowest BCUT2D eigenvalue weighted by molar-refractivity contribution is 0.122. The van der Waals surface area contributed by atoms with E-state index in [0.717, 1.165) is 37.0 Å². The van der Waals surface area contributed by atoms with Crippen molar-refractivity contribution in [3.63, 3.8) is 0 Å². The van der Waals surface area contributed by atoms with Gasteiger partial charge in [-0.1, -0.05) is 12.0 Å². The summed E-state index contributed by atoms with van der Waals surface area (Å²) in [5.41, 5.74) is -0.746. The predicted molar refractivity (Wildman–Crippen MR) is 136 cm³/mol. The van der Waals surface area contributed by atoms with Crippen LogP contribution in [0.2, 0.25) is 0 Å². The van der Waals surface area contributed by atoms with Crippen molar-refractivity contribution in [2.45, 2.75) is 25.5 Å². The van der Waals surface area contributed by atoms with Crippen LogP contribution in [0.1, 0.15) is 24.0 Å². The van der Waals surface area contributed by atoms with Crippen LogP contribution < -0.4 is 15.1 Å². The standard InChI is InChI=1S/C24H25N9OS/c1-24(34,22-25-12-15-35-22)10-8-17-16-21-32(13-5-14-33(21)30-17)20-9-11-26-23(29-20)28-18-6-4-7-19(27-18)31(2)3/h4,6-7,9,11-12,15-16,34H,5,13-14H2,1-3H3,(H,26,27,28,29). The third-order valence-electron chi connectivity index (χ3n) is 5.42. The first-order valence-corrected chi connectivity index (χ1v) is 12.0. The highest BCUT2D eigenvalue weighted by atomic mass is 32.1. The van der Waals surface area contributed by atoms with Gasteiger partial charge in [0.2, 0.25) is 5.95 Å². The first-order valence-electron chi connectivity index (χ1n) is 11.1. The number of hydrogen-bond acceptors (Lipinski definition) is 10. The Morgan fingerprint density at radius 3 is 2.83 bits per heavy atom. The highest BCUT2D eigenvalue weighted by Crippen LogP contribution is 2.29. The van der Waals surface area contributed by atoms with Crippen LogP contribution in [0.4, 0.5) is 29.2 Å². The molecule has 0 aromatic carbocycles. The van der Waals surface area contributed by atoms with Crippen LogP contribution in [-0.4, -0.2) is 55.5 Å². The van der Waals surface area contributed by atoms with E-state index in [-0.39, 0.29) is 0 Å². The van der Waals surface area contributed by atoms with E-state index >= 15 is 0 Å². The normalized spacial score (nSPS) is 14.5. The van der Waals surface area contributed by atoms with Crippen molar-refractivity contribution in [3.8, 4) is 11.8 Å². The molecule has 0 radical (unpaired) electrons. The number of pyridine rings is 1. The lowest BCUT2D eigenvalue weighted by Crippen LogP contribution is -2.28. The Morgan fingerprint density at radius 1 is 1.14 bits per heavy atom. The molecule has 4 aromatic heterocycles. The maximum atomic E-state index is 10.7. The third-order valence-corrected chi connectivity index (χ3v) is 6.40. The lowest BCUT2D eigenvalue weighted by atomic mass is 10.1. The molecule has 1 aliphatic heterocycles. The van der Waals surface area contributed by atoms with Crippen LogP contribution in [0.15, 0.2) is 48.1 Å². The Kier molecular flexibility index (Phi) is 6.07. The zero-order chi connectivity index (χ0) is 24.4. The second-order valence-electron chi connectivity index (χ2n) is 8.41. The number of hydrogen-bond donors (Lipinski definition) is 2. The van der Waals surface area contributed by atoms with E-state index in [1.807, 2.05) is 59.4 Å². The second kappa shape index (κ2) is 9.32. The first-order chi connectivity index (χ1) is 16.9. The number of nitrogens with zero attached hydrogens (tertiary/aromatic N) is 8. The molecule has 10 nitrogen and oxygen atoms in total. The van der Waals surface area contributed by atoms with Crippen molar-refractivity contribution in [1.82, 2.24) is 29.7 Å². The number of fused-ring (bicyclic) bond motifs is 1. The molecule has 0 aliphatic carbocycles. The Labute approximate surface area is 207 Å². The molecule has 0 fully saturated rings. The maximum Gasteiger partial charge on any atom is 0.230 e. The number of aromatic nitrogens is 6. The number of nitrogens with one attached hydrogen (secondary N) is 1. The SMILES string of the molecule is CN(C)c1cccc(Nc2nccc(N3CCCn4nc(C#CC(C)(O)c5nccs5)cc43)n2)n1. The molecular formula is C24H25N9OS. The monoisotopic (exact) mass is 487 g/mol. The summed E-state index contributed by atoms with van der Waals surface area (Å²) >= 11 is 1.37. The van der Waals surface area contributed by atoms with Crippen molar-refractivity contribution < 1.29 is 5.11 Å². The van der Waals surface area contributed by atoms with Gasteiger partial charge in [-0.2, -0.15) is 10.1 Å². The summed E-state index contributed by atoms with van der Waals surface area (Å²) in [4.78, 5) is 21.9. The average molecular weight is 488 g/mol. The van der Waals surface area contributed by atoms with Crippen molar-refractivity contribution >= 4 is 40.6 Å². The Morgan fingerprint density at radius 2 is 2.03 bits per heavy atom. The molecule has 0 amide bonds. The molecule has 2 N–H and O–H groups in total. The molecule has 0 saturated heterocycles. The van der Waals surface area contributed by atoms with Gasteiger partial charge >= 0.3 is 0 Å². The van der Waals surface area contributed by atoms with Gasteiger partial charge in [-0.05, 0) is 37.5 Å². The fourth-order valence-electron chi connectivity index (χ4n) is 3.69. The van der Waals surface area contributed by atoms with Crippen molar-refractivity contribution in [2.24, 2.45) is 0 Å². The molecule has 0 spiro atoms. The molecule has 178 valence electrons. The number of aliphatic hydroxyl groups is 1. The van der Waals surface area contributed by atoms with E-state index < -0.39 is 5.60 Å². The Bertz CT molecular complexity index is 1390. The van der Waals surface area contributed by atoms with Crippen LogP contribution in [0, 0.1) is 11.8 Å². The minimum Gasteiger partial charge on any atom is -0.371 e. The molecule has 35 heavy (non-hydrogen) atoms. The highest BCUT2D eigenvalue weighted by molar-refractivity contribution is 7.09. The summed E-state index contributed by atoms with van der Waals surface area (Å²) in [6, 6.07) is 9.54. The molecule has 4 aromatic rings. The van der Waals surface area contributed by atoms with Gasteiger partial charge in [0.05, 0.1) is 0 Å². The zero-order valence-electron chi connectivity index (χ0n) is 19.7. The quantitative estimate of drug-likeness (QED) is 0.411. The Balaban J connectivity index is 1.39. The molecule has 5 heterocycles. The molecule has 1 atom stereocenters. The number of thiazole rings is 1. The van der Waals surface area contributed by atoms with Gasteiger partial charge in [0.25, 0.3) is 0 Å². The van der Waals surface area contributed by atoms with Gasteiger partial charge in [0, 0.05) is 51.0 Å². The first kappa shape index (κ1) is 22.8. The largest absolute Gasteiger partial charge is 0.371 e. The summed E-state index contributed by atoms with van der Waals surface area (Å²) in [5, 5.41) is 20.9. The fourth-order valence-corrected chi connectivity index (χ4v) is 4.35. The average Bonchev–Trinajstić information content (AvgIpc) is 3.54. The van der Waals surface area contributed by atoms with Gasteiger partial charge in [-0.25, -0.2) is 19.6 Å². The van der Waals surface area contributed by atoms with Crippen LogP contribution in [0.5, 0.6) is 0 Å². The lowest BCUT2D eigenvalue weighted by Gasteiger charge is -2.28. The number of aryl methyl sites for hydroxylation is 1. The number of rotatable bonds is 5. The van der Waals surface area contributed by atoms with Crippen LogP contribution in [-0.2, 0) is 12.1 Å². The highest BCUT2D eigenvalue weighted by Gasteiger charge is 2.24. The van der Waals surface area contributed by atoms with Gasteiger partial charge < -0.3 is 20.2 Å². The third kappa shape index (κ3) is 4.94. The molecule has 1 unspecified atom stereocenters. The Hall–Kier alpha value is -4.01. The number of anilines is 5. The smallest absolute Gasteiger partial charge is 0.230 e. The summed E-state index contributed by atoms with van der Waals surface area (Å²) in [6.45, 7) is 3.22. The summed E-state index contributed by atoms with van der Waals surface area (Å²) in [7, 11) is 3.89. The van der Waals surface area contributed by atoms with Crippen molar-refractivity contribution in [3.05, 3.63) is 58.8 Å². The van der Waals surface area contributed by atoms with E-state index in [1.54, 1.807) is 19.3 Å². The summed E-state index contributed by atoms with van der Waals surface area (Å²) in [6.07, 6.45) is 4.29. The fraction of sp³-hybridized carbons (Fsp3) is 0.292. The van der Waals surface area contributed by atoms with E-state index in [9.17, 15) is 5.11 Å². The topological polar surface area (TPSA) is 108 Å². The molecule has 0 bridgehead atoms. The minimum atomic E-state index is -1.33. The predicted octanol–water partition coefficient (Wildman–Crippen LogP) is 3.14. The summed E-state index contributed by atoms with van der Waals surface area (Å²) in [5.74, 6) is 9.53. The summed E-state index contributed by atoms with van der Waals surface area (Å²) < 4.78 is 1.92. The van der Waals surface area contributed by atoms with E-state index in [0.29, 0.717) is 22.5 Å². The molecule has 1 aliphatic rings. The van der Waals surface area contributed by atoms with E-state index in [2.05, 4.69) is 42.1 Å². The molecular weight excluding hydrogens is 462 g/mol. The second-order valence-corrected chi connectivity index (χ2v) is 9.31. The van der Waals surface area contributed by atoms with Gasteiger partial charge in [0.15, 0.2) is 5.60 Å². The van der Waals surface area contributed by atoms with Crippen molar-refractivity contribution in [2.75, 3.05) is 35.8 Å². The molecule has 5 rings (SSSR count). The maximum absolute atomic E-state index is 10.7. The van der Waals surface area contributed by atoms with Gasteiger partial charge in [0.1, 0.15) is 34.0 Å². The van der Waals surface area contributed by atoms with E-state index in [4.69, 9.17) is 4.98 Å². The van der Waals surface area contributed by atoms with E-state index in [1.165, 1.54) is 11.3 Å². The molecule has 0 saturated carbocycles. The van der Waals surface area contributed by atoms with Gasteiger partial charge in [-0.3, -0.25) is 0 Å². The minimum absolute atomic E-state index is 0.460. The molecule has 11 heteroatoms. The van der Waals surface area contributed by atoms with Gasteiger partial charge in [-0.15, -0.1) is 11.3 Å². The zero-order valence-corrected chi connectivity index (χ0v) is 20.5.